The number of halogens is 2. The zero-order valence-corrected chi connectivity index (χ0v) is 9.80. The molecule has 80 valence electrons. The van der Waals surface area contributed by atoms with E-state index >= 15 is 0 Å². The quantitative estimate of drug-likeness (QED) is 0.817. The predicted octanol–water partition coefficient (Wildman–Crippen LogP) is 1.80. The second-order valence-corrected chi connectivity index (χ2v) is 3.95. The molecule has 1 amide bonds. The van der Waals surface area contributed by atoms with Gasteiger partial charge in [-0.2, -0.15) is 0 Å². The summed E-state index contributed by atoms with van der Waals surface area (Å²) >= 11 is 9.11. The Hall–Kier alpha value is -1.07. The van der Waals surface area contributed by atoms with Crippen molar-refractivity contribution in [1.29, 1.82) is 0 Å². The average Bonchev–Trinajstić information content (AvgIpc) is 2.16. The number of amides is 1. The number of nitrogens with one attached hydrogen (secondary N) is 1. The van der Waals surface area contributed by atoms with Gasteiger partial charge in [-0.05, 0) is 12.1 Å². The molecule has 0 bridgehead atoms. The molecule has 0 spiro atoms. The molecule has 1 aromatic rings. The standard InChI is InChI=1S/C9H7BrClNO3/c10-6-2-1-3-7(11)5(6)4-12-8(13)9(14)15/h1-3H,4H2,(H,12,13)(H,14,15). The van der Waals surface area contributed by atoms with Crippen LogP contribution in [0, 0.1) is 0 Å². The number of benzene rings is 1. The maximum absolute atomic E-state index is 10.8. The van der Waals surface area contributed by atoms with E-state index in [2.05, 4.69) is 21.2 Å². The first kappa shape index (κ1) is 12.0. The molecule has 1 rings (SSSR count). The number of carboxylic acid groups (broad SMARTS) is 1. The normalized spacial score (nSPS) is 9.73. The lowest BCUT2D eigenvalue weighted by atomic mass is 10.2. The Morgan fingerprint density at radius 3 is 2.67 bits per heavy atom. The molecular weight excluding hydrogens is 285 g/mol. The third-order valence-corrected chi connectivity index (χ3v) is 2.78. The van der Waals surface area contributed by atoms with Crippen LogP contribution in [0.2, 0.25) is 5.02 Å². The van der Waals surface area contributed by atoms with E-state index < -0.39 is 11.9 Å². The SMILES string of the molecule is O=C(O)C(=O)NCc1c(Cl)cccc1Br. The van der Waals surface area contributed by atoms with Gasteiger partial charge in [-0.1, -0.05) is 33.6 Å². The van der Waals surface area contributed by atoms with Gasteiger partial charge in [0.25, 0.3) is 0 Å². The van der Waals surface area contributed by atoms with E-state index in [0.717, 1.165) is 4.47 Å². The second kappa shape index (κ2) is 5.14. The zero-order chi connectivity index (χ0) is 11.4. The summed E-state index contributed by atoms with van der Waals surface area (Å²) in [6.45, 7) is 0.0748. The molecule has 6 heteroatoms. The van der Waals surface area contributed by atoms with E-state index in [1.807, 2.05) is 0 Å². The van der Waals surface area contributed by atoms with E-state index in [1.54, 1.807) is 18.2 Å². The third-order valence-electron chi connectivity index (χ3n) is 1.68. The van der Waals surface area contributed by atoms with Crippen LogP contribution in [0.3, 0.4) is 0 Å². The van der Waals surface area contributed by atoms with Gasteiger partial charge in [0, 0.05) is 21.6 Å². The lowest BCUT2D eigenvalue weighted by Gasteiger charge is -2.06. The van der Waals surface area contributed by atoms with Crippen molar-refractivity contribution in [2.75, 3.05) is 0 Å². The Kier molecular flexibility index (Phi) is 4.11. The fraction of sp³-hybridized carbons (Fsp3) is 0.111. The Labute approximate surface area is 99.4 Å². The van der Waals surface area contributed by atoms with Crippen LogP contribution in [0.5, 0.6) is 0 Å². The first-order valence-electron chi connectivity index (χ1n) is 3.96. The summed E-state index contributed by atoms with van der Waals surface area (Å²) in [5, 5.41) is 11.0. The van der Waals surface area contributed by atoms with Gasteiger partial charge in [0.1, 0.15) is 0 Å². The van der Waals surface area contributed by atoms with Crippen LogP contribution in [0.25, 0.3) is 0 Å². The van der Waals surface area contributed by atoms with E-state index in [-0.39, 0.29) is 6.54 Å². The van der Waals surface area contributed by atoms with Crippen LogP contribution < -0.4 is 5.32 Å². The van der Waals surface area contributed by atoms with Crippen LogP contribution in [0.1, 0.15) is 5.56 Å². The minimum atomic E-state index is -1.52. The molecule has 0 fully saturated rings. The summed E-state index contributed by atoms with van der Waals surface area (Å²) in [6, 6.07) is 5.16. The lowest BCUT2D eigenvalue weighted by molar-refractivity contribution is -0.150. The first-order chi connectivity index (χ1) is 7.02. The molecule has 0 unspecified atom stereocenters. The maximum atomic E-state index is 10.8. The molecule has 0 aromatic heterocycles. The molecule has 0 saturated heterocycles. The monoisotopic (exact) mass is 291 g/mol. The molecule has 0 radical (unpaired) electrons. The van der Waals surface area contributed by atoms with Crippen molar-refractivity contribution < 1.29 is 14.7 Å². The molecule has 0 saturated carbocycles. The van der Waals surface area contributed by atoms with Crippen molar-refractivity contribution in [3.05, 3.63) is 33.3 Å². The Balaban J connectivity index is 2.73. The molecule has 2 N–H and O–H groups in total. The summed E-state index contributed by atoms with van der Waals surface area (Å²) in [7, 11) is 0. The molecule has 0 heterocycles. The number of aliphatic carboxylic acids is 1. The van der Waals surface area contributed by atoms with Crippen molar-refractivity contribution in [3.63, 3.8) is 0 Å². The maximum Gasteiger partial charge on any atom is 0.394 e. The largest absolute Gasteiger partial charge is 0.474 e. The predicted molar refractivity (Wildman–Crippen MR) is 58.6 cm³/mol. The molecule has 0 atom stereocenters. The topological polar surface area (TPSA) is 66.4 Å². The molecule has 0 aliphatic rings. The Bertz CT molecular complexity index is 388. The first-order valence-corrected chi connectivity index (χ1v) is 5.13. The van der Waals surface area contributed by atoms with E-state index in [4.69, 9.17) is 16.7 Å². The average molecular weight is 293 g/mol. The molecule has 1 aromatic carbocycles. The summed E-state index contributed by atoms with van der Waals surface area (Å²) in [6.07, 6.45) is 0. The van der Waals surface area contributed by atoms with Crippen molar-refractivity contribution in [3.8, 4) is 0 Å². The van der Waals surface area contributed by atoms with E-state index in [0.29, 0.717) is 10.6 Å². The second-order valence-electron chi connectivity index (χ2n) is 2.69. The zero-order valence-electron chi connectivity index (χ0n) is 7.46. The highest BCUT2D eigenvalue weighted by Crippen LogP contribution is 2.24. The van der Waals surface area contributed by atoms with Crippen LogP contribution in [-0.4, -0.2) is 17.0 Å². The Morgan fingerprint density at radius 1 is 1.47 bits per heavy atom. The fourth-order valence-corrected chi connectivity index (χ4v) is 1.81. The number of hydrogen-bond acceptors (Lipinski definition) is 2. The highest BCUT2D eigenvalue weighted by molar-refractivity contribution is 9.10. The van der Waals surface area contributed by atoms with Crippen LogP contribution >= 0.6 is 27.5 Å². The number of rotatable bonds is 2. The minimum Gasteiger partial charge on any atom is -0.474 e. The summed E-state index contributed by atoms with van der Waals surface area (Å²) in [5.41, 5.74) is 0.647. The number of hydrogen-bond donors (Lipinski definition) is 2. The molecule has 0 aliphatic carbocycles. The van der Waals surface area contributed by atoms with Crippen molar-refractivity contribution in [2.24, 2.45) is 0 Å². The Morgan fingerprint density at radius 2 is 2.13 bits per heavy atom. The number of carbonyl (C=O) groups is 2. The summed E-state index contributed by atoms with van der Waals surface area (Å²) in [5.74, 6) is -2.57. The van der Waals surface area contributed by atoms with Crippen LogP contribution in [-0.2, 0) is 16.1 Å². The van der Waals surface area contributed by atoms with Gasteiger partial charge in [0.15, 0.2) is 0 Å². The van der Waals surface area contributed by atoms with Gasteiger partial charge in [-0.3, -0.25) is 4.79 Å². The van der Waals surface area contributed by atoms with Crippen LogP contribution in [0.15, 0.2) is 22.7 Å². The minimum absolute atomic E-state index is 0.0748. The molecular formula is C9H7BrClNO3. The van der Waals surface area contributed by atoms with Gasteiger partial charge in [-0.25, -0.2) is 4.79 Å². The third kappa shape index (κ3) is 3.21. The lowest BCUT2D eigenvalue weighted by Crippen LogP contribution is -2.30. The van der Waals surface area contributed by atoms with Crippen molar-refractivity contribution >= 4 is 39.4 Å². The molecule has 0 aliphatic heterocycles. The molecule has 4 nitrogen and oxygen atoms in total. The van der Waals surface area contributed by atoms with Crippen molar-refractivity contribution in [2.45, 2.75) is 6.54 Å². The van der Waals surface area contributed by atoms with E-state index in [1.165, 1.54) is 0 Å². The van der Waals surface area contributed by atoms with Crippen LogP contribution in [0.4, 0.5) is 0 Å². The highest BCUT2D eigenvalue weighted by atomic mass is 79.9. The van der Waals surface area contributed by atoms with Gasteiger partial charge in [-0.15, -0.1) is 0 Å². The number of carboxylic acids is 1. The smallest absolute Gasteiger partial charge is 0.394 e. The van der Waals surface area contributed by atoms with Gasteiger partial charge >= 0.3 is 11.9 Å². The molecule has 15 heavy (non-hydrogen) atoms. The number of carbonyl (C=O) groups excluding carboxylic acids is 1. The van der Waals surface area contributed by atoms with Crippen molar-refractivity contribution in [1.82, 2.24) is 5.32 Å². The van der Waals surface area contributed by atoms with Gasteiger partial charge in [0.2, 0.25) is 0 Å². The summed E-state index contributed by atoms with van der Waals surface area (Å²) in [4.78, 5) is 21.0. The fourth-order valence-electron chi connectivity index (χ4n) is 0.945. The highest BCUT2D eigenvalue weighted by Gasteiger charge is 2.12. The van der Waals surface area contributed by atoms with Gasteiger partial charge < -0.3 is 10.4 Å². The summed E-state index contributed by atoms with van der Waals surface area (Å²) < 4.78 is 0.723. The van der Waals surface area contributed by atoms with E-state index in [9.17, 15) is 9.59 Å². The van der Waals surface area contributed by atoms with Gasteiger partial charge in [0.05, 0.1) is 0 Å².